The molecular formula is C7H8N4S. The molecule has 0 saturated carbocycles. The van der Waals surface area contributed by atoms with Gasteiger partial charge in [0, 0.05) is 0 Å². The minimum atomic E-state index is 0.683. The van der Waals surface area contributed by atoms with Crippen LogP contribution in [-0.4, -0.2) is 4.98 Å². The lowest BCUT2D eigenvalue weighted by Gasteiger charge is -1.90. The molecule has 0 fully saturated rings. The second-order valence-corrected chi connectivity index (χ2v) is 3.36. The zero-order valence-corrected chi connectivity index (χ0v) is 7.06. The van der Waals surface area contributed by atoms with E-state index in [0.717, 1.165) is 15.9 Å². The Bertz CT molecular complexity index is 409. The molecule has 0 aliphatic rings. The van der Waals surface area contributed by atoms with Gasteiger partial charge in [-0.25, -0.2) is 10.8 Å². The summed E-state index contributed by atoms with van der Waals surface area (Å²) in [4.78, 5) is 4.19. The van der Waals surface area contributed by atoms with Crippen molar-refractivity contribution in [1.82, 2.24) is 4.98 Å². The summed E-state index contributed by atoms with van der Waals surface area (Å²) in [6, 6.07) is 5.63. The van der Waals surface area contributed by atoms with Gasteiger partial charge in [0.25, 0.3) is 0 Å². The molecule has 62 valence electrons. The van der Waals surface area contributed by atoms with Crippen molar-refractivity contribution in [3.8, 4) is 0 Å². The predicted molar refractivity (Wildman–Crippen MR) is 51.8 cm³/mol. The predicted octanol–water partition coefficient (Wildman–Crippen LogP) is 1.16. The molecule has 0 atom stereocenters. The van der Waals surface area contributed by atoms with E-state index in [2.05, 4.69) is 10.4 Å². The molecule has 1 aromatic heterocycles. The summed E-state index contributed by atoms with van der Waals surface area (Å²) in [6.07, 6.45) is 0. The number of hydrogen-bond acceptors (Lipinski definition) is 5. The minimum Gasteiger partial charge on any atom is -0.398 e. The third-order valence-corrected chi connectivity index (χ3v) is 2.62. The zero-order chi connectivity index (χ0) is 8.55. The van der Waals surface area contributed by atoms with Gasteiger partial charge >= 0.3 is 0 Å². The van der Waals surface area contributed by atoms with Gasteiger partial charge in [-0.05, 0) is 12.1 Å². The smallest absolute Gasteiger partial charge is 0.198 e. The number of hydrazine groups is 1. The highest BCUT2D eigenvalue weighted by molar-refractivity contribution is 7.22. The average molecular weight is 180 g/mol. The lowest BCUT2D eigenvalue weighted by molar-refractivity contribution is 1.31. The van der Waals surface area contributed by atoms with Gasteiger partial charge in [0.15, 0.2) is 5.13 Å². The largest absolute Gasteiger partial charge is 0.398 e. The van der Waals surface area contributed by atoms with Crippen LogP contribution in [0.5, 0.6) is 0 Å². The van der Waals surface area contributed by atoms with Crippen molar-refractivity contribution in [3.05, 3.63) is 18.2 Å². The van der Waals surface area contributed by atoms with E-state index in [0.29, 0.717) is 5.13 Å². The highest BCUT2D eigenvalue weighted by Crippen LogP contribution is 2.29. The maximum absolute atomic E-state index is 5.73. The first-order valence-corrected chi connectivity index (χ1v) is 4.24. The number of nitrogens with two attached hydrogens (primary N) is 2. The molecular weight excluding hydrogens is 172 g/mol. The highest BCUT2D eigenvalue weighted by atomic mass is 32.1. The Morgan fingerprint density at radius 3 is 2.92 bits per heavy atom. The number of nitrogens with zero attached hydrogens (tertiary/aromatic N) is 1. The number of benzene rings is 1. The van der Waals surface area contributed by atoms with E-state index in [1.165, 1.54) is 11.3 Å². The second kappa shape index (κ2) is 2.62. The molecule has 0 aliphatic carbocycles. The van der Waals surface area contributed by atoms with Crippen molar-refractivity contribution < 1.29 is 0 Å². The van der Waals surface area contributed by atoms with Crippen LogP contribution in [0.4, 0.5) is 10.8 Å². The summed E-state index contributed by atoms with van der Waals surface area (Å²) >= 11 is 1.45. The molecule has 0 aliphatic heterocycles. The molecule has 0 bridgehead atoms. The van der Waals surface area contributed by atoms with E-state index in [4.69, 9.17) is 11.6 Å². The fourth-order valence-electron chi connectivity index (χ4n) is 1.03. The Labute approximate surface area is 73.2 Å². The minimum absolute atomic E-state index is 0.683. The SMILES string of the molecule is NNc1nc2cccc(N)c2s1. The van der Waals surface area contributed by atoms with Gasteiger partial charge in [0.2, 0.25) is 0 Å². The van der Waals surface area contributed by atoms with Crippen LogP contribution in [0.15, 0.2) is 18.2 Å². The topological polar surface area (TPSA) is 77.0 Å². The first kappa shape index (κ1) is 7.33. The van der Waals surface area contributed by atoms with Crippen LogP contribution in [0.2, 0.25) is 0 Å². The quantitative estimate of drug-likeness (QED) is 0.349. The Kier molecular flexibility index (Phi) is 1.60. The van der Waals surface area contributed by atoms with Crippen molar-refractivity contribution in [2.45, 2.75) is 0 Å². The van der Waals surface area contributed by atoms with Crippen LogP contribution >= 0.6 is 11.3 Å². The van der Waals surface area contributed by atoms with Crippen LogP contribution in [0.25, 0.3) is 10.2 Å². The van der Waals surface area contributed by atoms with Gasteiger partial charge in [0.05, 0.1) is 15.9 Å². The Balaban J connectivity index is 2.74. The maximum Gasteiger partial charge on any atom is 0.198 e. The molecule has 2 rings (SSSR count). The monoisotopic (exact) mass is 180 g/mol. The molecule has 5 heteroatoms. The summed E-state index contributed by atoms with van der Waals surface area (Å²) < 4.78 is 0.977. The van der Waals surface area contributed by atoms with Crippen molar-refractivity contribution in [3.63, 3.8) is 0 Å². The lowest BCUT2D eigenvalue weighted by atomic mass is 10.3. The van der Waals surface area contributed by atoms with Crippen molar-refractivity contribution in [2.75, 3.05) is 11.2 Å². The second-order valence-electron chi connectivity index (χ2n) is 2.36. The number of aromatic nitrogens is 1. The third kappa shape index (κ3) is 0.992. The Hall–Kier alpha value is -1.33. The highest BCUT2D eigenvalue weighted by Gasteiger charge is 2.03. The molecule has 0 unspecified atom stereocenters. The van der Waals surface area contributed by atoms with Crippen LogP contribution in [0.1, 0.15) is 0 Å². The summed E-state index contributed by atoms with van der Waals surface area (Å²) in [5.41, 5.74) is 9.85. The van der Waals surface area contributed by atoms with Gasteiger partial charge in [-0.15, -0.1) is 0 Å². The van der Waals surface area contributed by atoms with Gasteiger partial charge in [-0.2, -0.15) is 0 Å². The van der Waals surface area contributed by atoms with Crippen LogP contribution in [0.3, 0.4) is 0 Å². The lowest BCUT2D eigenvalue weighted by Crippen LogP contribution is -2.05. The molecule has 1 aromatic carbocycles. The fraction of sp³-hybridized carbons (Fsp3) is 0. The van der Waals surface area contributed by atoms with E-state index in [9.17, 15) is 0 Å². The van der Waals surface area contributed by atoms with Crippen molar-refractivity contribution in [2.24, 2.45) is 5.84 Å². The number of anilines is 2. The Morgan fingerprint density at radius 2 is 2.25 bits per heavy atom. The molecule has 12 heavy (non-hydrogen) atoms. The normalized spacial score (nSPS) is 10.4. The van der Waals surface area contributed by atoms with Gasteiger partial charge in [-0.1, -0.05) is 17.4 Å². The molecule has 1 heterocycles. The van der Waals surface area contributed by atoms with E-state index in [1.54, 1.807) is 0 Å². The summed E-state index contributed by atoms with van der Waals surface area (Å²) in [7, 11) is 0. The fourth-order valence-corrected chi connectivity index (χ4v) is 1.83. The maximum atomic E-state index is 5.73. The molecule has 0 spiro atoms. The number of fused-ring (bicyclic) bond motifs is 1. The molecule has 0 radical (unpaired) electrons. The molecule has 5 N–H and O–H groups in total. The summed E-state index contributed by atoms with van der Waals surface area (Å²) in [6.45, 7) is 0. The number of nitrogen functional groups attached to an aromatic ring is 2. The number of thiazole rings is 1. The van der Waals surface area contributed by atoms with Crippen molar-refractivity contribution in [1.29, 1.82) is 0 Å². The number of rotatable bonds is 1. The van der Waals surface area contributed by atoms with Crippen LogP contribution in [0, 0.1) is 0 Å². The third-order valence-electron chi connectivity index (χ3n) is 1.57. The van der Waals surface area contributed by atoms with Crippen LogP contribution < -0.4 is 17.0 Å². The molecule has 4 nitrogen and oxygen atoms in total. The summed E-state index contributed by atoms with van der Waals surface area (Å²) in [5, 5.41) is 0.683. The first-order valence-electron chi connectivity index (χ1n) is 3.43. The number of nitrogens with one attached hydrogen (secondary N) is 1. The Morgan fingerprint density at radius 1 is 1.42 bits per heavy atom. The van der Waals surface area contributed by atoms with E-state index < -0.39 is 0 Å². The van der Waals surface area contributed by atoms with Gasteiger partial charge < -0.3 is 5.73 Å². The van der Waals surface area contributed by atoms with E-state index in [-0.39, 0.29) is 0 Å². The van der Waals surface area contributed by atoms with Crippen molar-refractivity contribution >= 4 is 32.4 Å². The molecule has 2 aromatic rings. The van der Waals surface area contributed by atoms with Crippen LogP contribution in [-0.2, 0) is 0 Å². The number of hydrogen-bond donors (Lipinski definition) is 3. The van der Waals surface area contributed by atoms with Gasteiger partial charge in [-0.3, -0.25) is 5.43 Å². The average Bonchev–Trinajstić information content (AvgIpc) is 2.49. The summed E-state index contributed by atoms with van der Waals surface area (Å²) in [5.74, 6) is 5.22. The molecule has 0 saturated heterocycles. The standard InChI is InChI=1S/C7H8N4S/c8-4-2-1-3-5-6(4)12-7(10-5)11-9/h1-3H,8-9H2,(H,10,11). The van der Waals surface area contributed by atoms with Gasteiger partial charge in [0.1, 0.15) is 0 Å². The van der Waals surface area contributed by atoms with E-state index in [1.807, 2.05) is 18.2 Å². The van der Waals surface area contributed by atoms with E-state index >= 15 is 0 Å². The zero-order valence-electron chi connectivity index (χ0n) is 6.24. The molecule has 0 amide bonds. The first-order chi connectivity index (χ1) is 5.81.